The number of aromatic nitrogens is 2. The van der Waals surface area contributed by atoms with Crippen molar-refractivity contribution in [3.63, 3.8) is 0 Å². The van der Waals surface area contributed by atoms with Crippen molar-refractivity contribution in [3.05, 3.63) is 53.6 Å². The minimum atomic E-state index is 0.338. The SMILES string of the molecule is CCNC(Cn1ccnc1CC)c1ccc(C)cc1. The first-order valence-electron chi connectivity index (χ1n) is 7.04. The standard InChI is InChI=1S/C16H23N3/c1-4-16-18-10-11-19(16)12-15(17-5-2)14-8-6-13(3)7-9-14/h6-11,15,17H,4-5,12H2,1-3H3. The summed E-state index contributed by atoms with van der Waals surface area (Å²) in [5, 5.41) is 3.56. The monoisotopic (exact) mass is 257 g/mol. The van der Waals surface area contributed by atoms with E-state index in [0.717, 1.165) is 25.3 Å². The van der Waals surface area contributed by atoms with Gasteiger partial charge in [-0.2, -0.15) is 0 Å². The van der Waals surface area contributed by atoms with Gasteiger partial charge < -0.3 is 9.88 Å². The molecule has 0 amide bonds. The number of imidazole rings is 1. The zero-order valence-corrected chi connectivity index (χ0v) is 12.1. The van der Waals surface area contributed by atoms with E-state index >= 15 is 0 Å². The molecule has 0 saturated heterocycles. The highest BCUT2D eigenvalue weighted by Gasteiger charge is 2.12. The average Bonchev–Trinajstić information content (AvgIpc) is 2.86. The maximum absolute atomic E-state index is 4.39. The van der Waals surface area contributed by atoms with Gasteiger partial charge in [0.1, 0.15) is 5.82 Å². The van der Waals surface area contributed by atoms with E-state index in [0.29, 0.717) is 6.04 Å². The lowest BCUT2D eigenvalue weighted by Crippen LogP contribution is -2.25. The smallest absolute Gasteiger partial charge is 0.108 e. The van der Waals surface area contributed by atoms with Crippen molar-refractivity contribution in [2.75, 3.05) is 6.54 Å². The van der Waals surface area contributed by atoms with Crippen LogP contribution in [0.1, 0.15) is 36.8 Å². The molecule has 0 spiro atoms. The Hall–Kier alpha value is -1.61. The van der Waals surface area contributed by atoms with Crippen molar-refractivity contribution in [3.8, 4) is 0 Å². The Kier molecular flexibility index (Phi) is 4.74. The van der Waals surface area contributed by atoms with Gasteiger partial charge in [-0.25, -0.2) is 4.98 Å². The molecule has 0 aliphatic heterocycles. The predicted octanol–water partition coefficient (Wildman–Crippen LogP) is 3.10. The minimum absolute atomic E-state index is 0.338. The normalized spacial score (nSPS) is 12.6. The Morgan fingerprint density at radius 2 is 1.95 bits per heavy atom. The lowest BCUT2D eigenvalue weighted by Gasteiger charge is -2.20. The van der Waals surface area contributed by atoms with Gasteiger partial charge in [0, 0.05) is 25.4 Å². The van der Waals surface area contributed by atoms with Gasteiger partial charge in [-0.1, -0.05) is 43.7 Å². The van der Waals surface area contributed by atoms with Crippen LogP contribution in [0.2, 0.25) is 0 Å². The lowest BCUT2D eigenvalue weighted by atomic mass is 10.0. The maximum Gasteiger partial charge on any atom is 0.108 e. The summed E-state index contributed by atoms with van der Waals surface area (Å²) in [6.07, 6.45) is 4.92. The third-order valence-electron chi connectivity index (χ3n) is 3.43. The van der Waals surface area contributed by atoms with Crippen LogP contribution in [0.3, 0.4) is 0 Å². The third-order valence-corrected chi connectivity index (χ3v) is 3.43. The Balaban J connectivity index is 2.18. The number of likely N-dealkylation sites (N-methyl/N-ethyl adjacent to an activating group) is 1. The lowest BCUT2D eigenvalue weighted by molar-refractivity contribution is 0.466. The van der Waals surface area contributed by atoms with Crippen molar-refractivity contribution in [2.24, 2.45) is 0 Å². The molecule has 0 radical (unpaired) electrons. The average molecular weight is 257 g/mol. The highest BCUT2D eigenvalue weighted by Crippen LogP contribution is 2.17. The van der Waals surface area contributed by atoms with Crippen molar-refractivity contribution >= 4 is 0 Å². The van der Waals surface area contributed by atoms with Gasteiger partial charge in [-0.3, -0.25) is 0 Å². The van der Waals surface area contributed by atoms with E-state index in [4.69, 9.17) is 0 Å². The first-order chi connectivity index (χ1) is 9.24. The summed E-state index contributed by atoms with van der Waals surface area (Å²) < 4.78 is 2.24. The summed E-state index contributed by atoms with van der Waals surface area (Å²) in [7, 11) is 0. The molecule has 0 aliphatic rings. The maximum atomic E-state index is 4.39. The number of benzene rings is 1. The van der Waals surface area contributed by atoms with Crippen LogP contribution in [0, 0.1) is 6.92 Å². The molecule has 2 aromatic rings. The fraction of sp³-hybridized carbons (Fsp3) is 0.438. The zero-order chi connectivity index (χ0) is 13.7. The Morgan fingerprint density at radius 1 is 1.21 bits per heavy atom. The van der Waals surface area contributed by atoms with Gasteiger partial charge >= 0.3 is 0 Å². The van der Waals surface area contributed by atoms with E-state index in [1.807, 2.05) is 6.20 Å². The molecule has 0 aliphatic carbocycles. The van der Waals surface area contributed by atoms with Crippen LogP contribution in [0.4, 0.5) is 0 Å². The molecule has 1 N–H and O–H groups in total. The fourth-order valence-corrected chi connectivity index (χ4v) is 2.35. The van der Waals surface area contributed by atoms with Gasteiger partial charge in [0.25, 0.3) is 0 Å². The van der Waals surface area contributed by atoms with Crippen LogP contribution < -0.4 is 5.32 Å². The largest absolute Gasteiger partial charge is 0.333 e. The Labute approximate surface area is 115 Å². The highest BCUT2D eigenvalue weighted by atomic mass is 15.1. The summed E-state index contributed by atoms with van der Waals surface area (Å²) in [4.78, 5) is 4.39. The molecule has 1 unspecified atom stereocenters. The van der Waals surface area contributed by atoms with E-state index in [9.17, 15) is 0 Å². The molecule has 3 nitrogen and oxygen atoms in total. The topological polar surface area (TPSA) is 29.9 Å². The summed E-state index contributed by atoms with van der Waals surface area (Å²) >= 11 is 0. The molecular weight excluding hydrogens is 234 g/mol. The number of nitrogens with one attached hydrogen (secondary N) is 1. The number of nitrogens with zero attached hydrogens (tertiary/aromatic N) is 2. The summed E-state index contributed by atoms with van der Waals surface area (Å²) in [5.74, 6) is 1.15. The van der Waals surface area contributed by atoms with E-state index in [1.165, 1.54) is 11.1 Å². The fourth-order valence-electron chi connectivity index (χ4n) is 2.35. The van der Waals surface area contributed by atoms with Crippen LogP contribution in [-0.2, 0) is 13.0 Å². The van der Waals surface area contributed by atoms with Crippen LogP contribution in [0.15, 0.2) is 36.7 Å². The zero-order valence-electron chi connectivity index (χ0n) is 12.1. The molecule has 1 aromatic carbocycles. The number of hydrogen-bond acceptors (Lipinski definition) is 2. The van der Waals surface area contributed by atoms with Crippen LogP contribution in [0.25, 0.3) is 0 Å². The van der Waals surface area contributed by atoms with Gasteiger partial charge in [-0.15, -0.1) is 0 Å². The van der Waals surface area contributed by atoms with Crippen molar-refractivity contribution < 1.29 is 0 Å². The number of hydrogen-bond donors (Lipinski definition) is 1. The molecule has 19 heavy (non-hydrogen) atoms. The number of rotatable bonds is 6. The van der Waals surface area contributed by atoms with Crippen molar-refractivity contribution in [1.29, 1.82) is 0 Å². The molecule has 2 rings (SSSR count). The van der Waals surface area contributed by atoms with Gasteiger partial charge in [0.05, 0.1) is 6.04 Å². The Morgan fingerprint density at radius 3 is 2.58 bits per heavy atom. The second kappa shape index (κ2) is 6.53. The second-order valence-electron chi connectivity index (χ2n) is 4.87. The second-order valence-corrected chi connectivity index (χ2v) is 4.87. The minimum Gasteiger partial charge on any atom is -0.333 e. The summed E-state index contributed by atoms with van der Waals surface area (Å²) in [6, 6.07) is 9.11. The van der Waals surface area contributed by atoms with Gasteiger partial charge in [-0.05, 0) is 19.0 Å². The van der Waals surface area contributed by atoms with Crippen molar-refractivity contribution in [1.82, 2.24) is 14.9 Å². The van der Waals surface area contributed by atoms with Gasteiger partial charge in [0.2, 0.25) is 0 Å². The van der Waals surface area contributed by atoms with Crippen LogP contribution in [-0.4, -0.2) is 16.1 Å². The third kappa shape index (κ3) is 3.44. The molecular formula is C16H23N3. The molecule has 102 valence electrons. The molecule has 3 heteroatoms. The molecule has 1 atom stereocenters. The van der Waals surface area contributed by atoms with E-state index in [-0.39, 0.29) is 0 Å². The summed E-state index contributed by atoms with van der Waals surface area (Å²) in [6.45, 7) is 8.31. The molecule has 0 fully saturated rings. The number of aryl methyl sites for hydroxylation is 2. The van der Waals surface area contributed by atoms with E-state index < -0.39 is 0 Å². The quantitative estimate of drug-likeness (QED) is 0.861. The van der Waals surface area contributed by atoms with Gasteiger partial charge in [0.15, 0.2) is 0 Å². The predicted molar refractivity (Wildman–Crippen MR) is 79.2 cm³/mol. The van der Waals surface area contributed by atoms with E-state index in [1.54, 1.807) is 0 Å². The molecule has 0 bridgehead atoms. The Bertz CT molecular complexity index is 499. The highest BCUT2D eigenvalue weighted by molar-refractivity contribution is 5.24. The van der Waals surface area contributed by atoms with Crippen LogP contribution in [0.5, 0.6) is 0 Å². The molecule has 1 heterocycles. The summed E-state index contributed by atoms with van der Waals surface area (Å²) in [5.41, 5.74) is 2.64. The first-order valence-corrected chi connectivity index (χ1v) is 7.04. The first kappa shape index (κ1) is 13.8. The molecule has 1 aromatic heterocycles. The van der Waals surface area contributed by atoms with Crippen LogP contribution >= 0.6 is 0 Å². The van der Waals surface area contributed by atoms with Crippen molar-refractivity contribution in [2.45, 2.75) is 39.8 Å². The molecule has 0 saturated carbocycles. The van der Waals surface area contributed by atoms with E-state index in [2.05, 4.69) is 66.1 Å².